The van der Waals surface area contributed by atoms with Crippen LogP contribution >= 0.6 is 15.9 Å². The average molecular weight is 276 g/mol. The minimum atomic E-state index is -0.436. The van der Waals surface area contributed by atoms with Crippen LogP contribution in [0.4, 0.5) is 0 Å². The van der Waals surface area contributed by atoms with Gasteiger partial charge in [-0.3, -0.25) is 4.79 Å². The number of rotatable bonds is 3. The first-order valence-electron chi connectivity index (χ1n) is 5.93. The third-order valence-electron chi connectivity index (χ3n) is 3.30. The number of carbonyl (C=O) groups excluding carboxylic acids is 1. The van der Waals surface area contributed by atoms with Gasteiger partial charge in [-0.15, -0.1) is 0 Å². The van der Waals surface area contributed by atoms with Crippen LogP contribution in [0.3, 0.4) is 0 Å². The first kappa shape index (κ1) is 13.0. The summed E-state index contributed by atoms with van der Waals surface area (Å²) in [6.45, 7) is 6.03. The first-order valence-corrected chi connectivity index (χ1v) is 6.72. The van der Waals surface area contributed by atoms with Crippen LogP contribution in [0.15, 0.2) is 0 Å². The smallest absolute Gasteiger partial charge is 0.236 e. The third kappa shape index (κ3) is 4.13. The van der Waals surface area contributed by atoms with Crippen LogP contribution in [0, 0.1) is 5.92 Å². The molecule has 1 N–H and O–H groups in total. The van der Waals surface area contributed by atoms with Crippen molar-refractivity contribution in [3.63, 3.8) is 0 Å². The second kappa shape index (κ2) is 5.33. The molecule has 1 amide bonds. The Balaban J connectivity index is 2.33. The Morgan fingerprint density at radius 1 is 1.33 bits per heavy atom. The predicted molar refractivity (Wildman–Crippen MR) is 67.2 cm³/mol. The van der Waals surface area contributed by atoms with E-state index in [4.69, 9.17) is 0 Å². The Morgan fingerprint density at radius 3 is 2.27 bits per heavy atom. The standard InChI is InChI=1S/C12H22BrNO/c1-4-9-5-7-10(8-6-9)14-11(15)12(2,3)13/h9-10H,4-8H2,1-3H3,(H,14,15). The normalized spacial score (nSPS) is 27.5. The summed E-state index contributed by atoms with van der Waals surface area (Å²) in [6.07, 6.45) is 6.11. The van der Waals surface area contributed by atoms with Crippen LogP contribution in [0.5, 0.6) is 0 Å². The number of alkyl halides is 1. The molecule has 2 nitrogen and oxygen atoms in total. The van der Waals surface area contributed by atoms with Gasteiger partial charge in [-0.1, -0.05) is 29.3 Å². The van der Waals surface area contributed by atoms with Gasteiger partial charge in [0.15, 0.2) is 0 Å². The quantitative estimate of drug-likeness (QED) is 0.788. The van der Waals surface area contributed by atoms with E-state index in [2.05, 4.69) is 28.2 Å². The van der Waals surface area contributed by atoms with Crippen molar-refractivity contribution in [2.24, 2.45) is 5.92 Å². The van der Waals surface area contributed by atoms with Crippen LogP contribution < -0.4 is 5.32 Å². The van der Waals surface area contributed by atoms with E-state index in [1.165, 1.54) is 19.3 Å². The van der Waals surface area contributed by atoms with Crippen molar-refractivity contribution in [2.45, 2.75) is 63.2 Å². The van der Waals surface area contributed by atoms with Crippen LogP contribution in [0.2, 0.25) is 0 Å². The molecule has 0 saturated heterocycles. The molecule has 1 fully saturated rings. The van der Waals surface area contributed by atoms with E-state index in [9.17, 15) is 4.79 Å². The molecule has 0 aliphatic heterocycles. The largest absolute Gasteiger partial charge is 0.352 e. The number of carbonyl (C=O) groups is 1. The van der Waals surface area contributed by atoms with Crippen LogP contribution in [-0.2, 0) is 4.79 Å². The number of hydrogen-bond donors (Lipinski definition) is 1. The second-order valence-electron chi connectivity index (χ2n) is 5.07. The highest BCUT2D eigenvalue weighted by molar-refractivity contribution is 9.10. The van der Waals surface area contributed by atoms with Crippen molar-refractivity contribution < 1.29 is 4.79 Å². The molecule has 3 heteroatoms. The molecule has 0 unspecified atom stereocenters. The molecular formula is C12H22BrNO. The van der Waals surface area contributed by atoms with E-state index in [-0.39, 0.29) is 5.91 Å². The fraction of sp³-hybridized carbons (Fsp3) is 0.917. The highest BCUT2D eigenvalue weighted by atomic mass is 79.9. The highest BCUT2D eigenvalue weighted by Crippen LogP contribution is 2.27. The molecule has 1 rings (SSSR count). The molecule has 0 bridgehead atoms. The van der Waals surface area contributed by atoms with Crippen molar-refractivity contribution in [2.75, 3.05) is 0 Å². The van der Waals surface area contributed by atoms with Crippen LogP contribution in [0.1, 0.15) is 52.9 Å². The molecule has 15 heavy (non-hydrogen) atoms. The van der Waals surface area contributed by atoms with Gasteiger partial charge in [-0.05, 0) is 45.4 Å². The number of nitrogens with one attached hydrogen (secondary N) is 1. The zero-order valence-electron chi connectivity index (χ0n) is 9.98. The lowest BCUT2D eigenvalue weighted by Gasteiger charge is -2.30. The van der Waals surface area contributed by atoms with Gasteiger partial charge in [-0.25, -0.2) is 0 Å². The number of hydrogen-bond acceptors (Lipinski definition) is 1. The predicted octanol–water partition coefficient (Wildman–Crippen LogP) is 3.24. The molecule has 1 saturated carbocycles. The number of halogens is 1. The summed E-state index contributed by atoms with van der Waals surface area (Å²) in [5.41, 5.74) is 0. The van der Waals surface area contributed by atoms with Gasteiger partial charge < -0.3 is 5.32 Å². The summed E-state index contributed by atoms with van der Waals surface area (Å²) in [4.78, 5) is 11.7. The minimum Gasteiger partial charge on any atom is -0.352 e. The summed E-state index contributed by atoms with van der Waals surface area (Å²) in [6, 6.07) is 0.400. The van der Waals surface area contributed by atoms with E-state index in [0.717, 1.165) is 18.8 Å². The molecule has 0 atom stereocenters. The van der Waals surface area contributed by atoms with Gasteiger partial charge in [0.05, 0.1) is 4.32 Å². The Bertz CT molecular complexity index is 214. The summed E-state index contributed by atoms with van der Waals surface area (Å²) in [5.74, 6) is 0.998. The van der Waals surface area contributed by atoms with Crippen molar-refractivity contribution in [1.29, 1.82) is 0 Å². The Hall–Kier alpha value is -0.0500. The molecule has 0 aromatic rings. The zero-order valence-corrected chi connectivity index (χ0v) is 11.6. The van der Waals surface area contributed by atoms with Crippen molar-refractivity contribution in [3.8, 4) is 0 Å². The molecule has 0 aromatic carbocycles. The molecule has 0 heterocycles. The number of amides is 1. The summed E-state index contributed by atoms with van der Waals surface area (Å²) >= 11 is 3.38. The summed E-state index contributed by atoms with van der Waals surface area (Å²) in [5, 5.41) is 3.12. The highest BCUT2D eigenvalue weighted by Gasteiger charge is 2.27. The van der Waals surface area contributed by atoms with E-state index in [1.54, 1.807) is 0 Å². The van der Waals surface area contributed by atoms with Crippen LogP contribution in [0.25, 0.3) is 0 Å². The third-order valence-corrected chi connectivity index (χ3v) is 3.66. The molecule has 0 spiro atoms. The minimum absolute atomic E-state index is 0.113. The van der Waals surface area contributed by atoms with Gasteiger partial charge in [0.25, 0.3) is 0 Å². The SMILES string of the molecule is CCC1CCC(NC(=O)C(C)(C)Br)CC1. The zero-order chi connectivity index (χ0) is 11.5. The van der Waals surface area contributed by atoms with Gasteiger partial charge in [0.2, 0.25) is 5.91 Å². The fourth-order valence-electron chi connectivity index (χ4n) is 2.07. The van der Waals surface area contributed by atoms with Gasteiger partial charge in [0.1, 0.15) is 0 Å². The lowest BCUT2D eigenvalue weighted by Crippen LogP contribution is -2.44. The molecular weight excluding hydrogens is 254 g/mol. The van der Waals surface area contributed by atoms with Crippen molar-refractivity contribution in [1.82, 2.24) is 5.32 Å². The van der Waals surface area contributed by atoms with Crippen molar-refractivity contribution in [3.05, 3.63) is 0 Å². The maximum Gasteiger partial charge on any atom is 0.236 e. The summed E-state index contributed by atoms with van der Waals surface area (Å²) in [7, 11) is 0. The van der Waals surface area contributed by atoms with E-state index < -0.39 is 4.32 Å². The monoisotopic (exact) mass is 275 g/mol. The van der Waals surface area contributed by atoms with Gasteiger partial charge in [-0.2, -0.15) is 0 Å². The van der Waals surface area contributed by atoms with Crippen molar-refractivity contribution >= 4 is 21.8 Å². The Kier molecular flexibility index (Phi) is 4.63. The Morgan fingerprint density at radius 2 is 1.87 bits per heavy atom. The molecule has 1 aliphatic carbocycles. The van der Waals surface area contributed by atoms with E-state index in [1.807, 2.05) is 13.8 Å². The van der Waals surface area contributed by atoms with E-state index >= 15 is 0 Å². The lowest BCUT2D eigenvalue weighted by atomic mass is 9.84. The second-order valence-corrected chi connectivity index (χ2v) is 7.05. The molecule has 88 valence electrons. The first-order chi connectivity index (χ1) is 6.93. The molecule has 0 aromatic heterocycles. The van der Waals surface area contributed by atoms with Gasteiger partial charge >= 0.3 is 0 Å². The van der Waals surface area contributed by atoms with Crippen LogP contribution in [-0.4, -0.2) is 16.3 Å². The lowest BCUT2D eigenvalue weighted by molar-refractivity contribution is -0.123. The Labute approximate surface area is 101 Å². The van der Waals surface area contributed by atoms with E-state index in [0.29, 0.717) is 6.04 Å². The summed E-state index contributed by atoms with van der Waals surface area (Å²) < 4.78 is -0.436. The molecule has 1 aliphatic rings. The molecule has 0 radical (unpaired) electrons. The average Bonchev–Trinajstić information content (AvgIpc) is 2.17. The fourth-order valence-corrected chi connectivity index (χ4v) is 2.19. The maximum atomic E-state index is 11.7. The maximum absolute atomic E-state index is 11.7. The van der Waals surface area contributed by atoms with Gasteiger partial charge in [0, 0.05) is 6.04 Å². The topological polar surface area (TPSA) is 29.1 Å².